The summed E-state index contributed by atoms with van der Waals surface area (Å²) in [4.78, 5) is 40.2. The number of carbonyl (C=O) groups excluding carboxylic acids is 3. The standard InChI is InChI=1S/C30H29N3O5S/c1-30(2,3)38-29(36)31-21(18-20-10-6-4-7-11-20)19-25-26(34)32-28(39)33(27(25)35)22-14-16-24(17-15-22)37-23-12-8-5-9-13-23/h4-17,19,21H,18H2,1-3H3,(H,31,36)(H,32,34,39)/b25-19+/t21-/m0/s1. The predicted molar refractivity (Wildman–Crippen MR) is 153 cm³/mol. The van der Waals surface area contributed by atoms with Crippen molar-refractivity contribution in [2.45, 2.75) is 38.8 Å². The zero-order valence-electron chi connectivity index (χ0n) is 21.8. The van der Waals surface area contributed by atoms with Crippen LogP contribution in [0.4, 0.5) is 10.5 Å². The van der Waals surface area contributed by atoms with Crippen LogP contribution in [-0.4, -0.2) is 34.7 Å². The molecule has 1 fully saturated rings. The van der Waals surface area contributed by atoms with Gasteiger partial charge in [-0.05, 0) is 87.4 Å². The maximum Gasteiger partial charge on any atom is 0.408 e. The Bertz CT molecular complexity index is 1380. The molecular formula is C30H29N3O5S. The van der Waals surface area contributed by atoms with Crippen LogP contribution in [0.3, 0.4) is 0 Å². The fourth-order valence-electron chi connectivity index (χ4n) is 3.88. The van der Waals surface area contributed by atoms with E-state index in [4.69, 9.17) is 21.7 Å². The molecule has 1 aliphatic heterocycles. The van der Waals surface area contributed by atoms with E-state index in [1.54, 1.807) is 45.0 Å². The van der Waals surface area contributed by atoms with Crippen molar-refractivity contribution in [3.8, 4) is 11.5 Å². The second-order valence-electron chi connectivity index (χ2n) is 9.83. The Kier molecular flexibility index (Phi) is 8.41. The van der Waals surface area contributed by atoms with Crippen LogP contribution >= 0.6 is 12.2 Å². The van der Waals surface area contributed by atoms with Crippen LogP contribution in [0.15, 0.2) is 96.6 Å². The number of nitrogens with one attached hydrogen (secondary N) is 2. The number of benzene rings is 3. The fraction of sp³-hybridized carbons (Fsp3) is 0.200. The molecule has 3 aromatic rings. The van der Waals surface area contributed by atoms with Crippen LogP contribution in [0.5, 0.6) is 11.5 Å². The summed E-state index contributed by atoms with van der Waals surface area (Å²) in [5.74, 6) is -0.00211. The third kappa shape index (κ3) is 7.52. The van der Waals surface area contributed by atoms with Crippen LogP contribution in [-0.2, 0) is 20.7 Å². The minimum atomic E-state index is -0.716. The highest BCUT2D eigenvalue weighted by Gasteiger charge is 2.35. The molecule has 3 aromatic carbocycles. The molecule has 39 heavy (non-hydrogen) atoms. The fourth-order valence-corrected chi connectivity index (χ4v) is 4.16. The Hall–Kier alpha value is -4.50. The number of nitrogens with zero attached hydrogens (tertiary/aromatic N) is 1. The zero-order valence-corrected chi connectivity index (χ0v) is 22.7. The highest BCUT2D eigenvalue weighted by Crippen LogP contribution is 2.27. The monoisotopic (exact) mass is 543 g/mol. The first-order valence-corrected chi connectivity index (χ1v) is 12.8. The maximum absolute atomic E-state index is 13.6. The van der Waals surface area contributed by atoms with E-state index in [0.717, 1.165) is 5.56 Å². The molecule has 4 rings (SSSR count). The second-order valence-corrected chi connectivity index (χ2v) is 10.2. The Morgan fingerprint density at radius 1 is 0.949 bits per heavy atom. The van der Waals surface area contributed by atoms with Gasteiger partial charge in [0.1, 0.15) is 22.7 Å². The molecule has 9 heteroatoms. The van der Waals surface area contributed by atoms with Gasteiger partial charge in [-0.25, -0.2) is 4.79 Å². The summed E-state index contributed by atoms with van der Waals surface area (Å²) < 4.78 is 11.2. The molecule has 8 nitrogen and oxygen atoms in total. The van der Waals surface area contributed by atoms with Gasteiger partial charge in [-0.15, -0.1) is 0 Å². The number of hydrogen-bond acceptors (Lipinski definition) is 6. The molecule has 0 radical (unpaired) electrons. The van der Waals surface area contributed by atoms with Gasteiger partial charge < -0.3 is 14.8 Å². The minimum Gasteiger partial charge on any atom is -0.457 e. The summed E-state index contributed by atoms with van der Waals surface area (Å²) in [6.07, 6.45) is 1.11. The molecule has 200 valence electrons. The number of alkyl carbamates (subject to hydrolysis) is 1. The summed E-state index contributed by atoms with van der Waals surface area (Å²) in [5, 5.41) is 5.30. The van der Waals surface area contributed by atoms with Gasteiger partial charge >= 0.3 is 6.09 Å². The van der Waals surface area contributed by atoms with Gasteiger partial charge in [0.15, 0.2) is 5.11 Å². The number of para-hydroxylation sites is 1. The summed E-state index contributed by atoms with van der Waals surface area (Å²) in [7, 11) is 0. The molecule has 0 unspecified atom stereocenters. The average molecular weight is 544 g/mol. The molecule has 0 saturated carbocycles. The second kappa shape index (κ2) is 11.9. The molecule has 0 spiro atoms. The highest BCUT2D eigenvalue weighted by molar-refractivity contribution is 7.80. The third-order valence-corrected chi connectivity index (χ3v) is 5.83. The molecule has 1 atom stereocenters. The van der Waals surface area contributed by atoms with Crippen LogP contribution < -0.4 is 20.3 Å². The third-order valence-electron chi connectivity index (χ3n) is 5.54. The van der Waals surface area contributed by atoms with Crippen molar-refractivity contribution in [3.05, 3.63) is 102 Å². The zero-order chi connectivity index (χ0) is 28.0. The number of ether oxygens (including phenoxy) is 2. The summed E-state index contributed by atoms with van der Waals surface area (Å²) in [6.45, 7) is 5.26. The van der Waals surface area contributed by atoms with E-state index in [1.165, 1.54) is 11.0 Å². The quantitative estimate of drug-likeness (QED) is 0.239. The van der Waals surface area contributed by atoms with Gasteiger partial charge in [-0.2, -0.15) is 0 Å². The number of thiocarbonyl (C=S) groups is 1. The Morgan fingerprint density at radius 2 is 1.54 bits per heavy atom. The number of hydrogen-bond donors (Lipinski definition) is 2. The number of rotatable bonds is 7. The highest BCUT2D eigenvalue weighted by atomic mass is 32.1. The van der Waals surface area contributed by atoms with E-state index in [1.807, 2.05) is 60.7 Å². The lowest BCUT2D eigenvalue weighted by molar-refractivity contribution is -0.122. The van der Waals surface area contributed by atoms with E-state index in [2.05, 4.69) is 10.6 Å². The van der Waals surface area contributed by atoms with Crippen LogP contribution in [0.1, 0.15) is 26.3 Å². The van der Waals surface area contributed by atoms with Crippen molar-refractivity contribution < 1.29 is 23.9 Å². The summed E-state index contributed by atoms with van der Waals surface area (Å²) in [5.41, 5.74) is 0.494. The lowest BCUT2D eigenvalue weighted by atomic mass is 10.0. The van der Waals surface area contributed by atoms with Gasteiger partial charge in [-0.1, -0.05) is 48.5 Å². The van der Waals surface area contributed by atoms with E-state index >= 15 is 0 Å². The molecule has 0 aliphatic carbocycles. The van der Waals surface area contributed by atoms with Gasteiger partial charge in [0.05, 0.1) is 11.7 Å². The van der Waals surface area contributed by atoms with Crippen LogP contribution in [0, 0.1) is 0 Å². The first kappa shape index (κ1) is 27.5. The first-order valence-electron chi connectivity index (χ1n) is 12.4. The first-order chi connectivity index (χ1) is 18.6. The molecule has 1 saturated heterocycles. The molecule has 1 aliphatic rings. The molecule has 1 heterocycles. The Balaban J connectivity index is 1.59. The van der Waals surface area contributed by atoms with Crippen LogP contribution in [0.25, 0.3) is 0 Å². The molecule has 0 bridgehead atoms. The smallest absolute Gasteiger partial charge is 0.408 e. The van der Waals surface area contributed by atoms with Crippen molar-refractivity contribution in [1.29, 1.82) is 0 Å². The van der Waals surface area contributed by atoms with Crippen molar-refractivity contribution in [2.24, 2.45) is 0 Å². The van der Waals surface area contributed by atoms with Gasteiger partial charge in [-0.3, -0.25) is 19.8 Å². The lowest BCUT2D eigenvalue weighted by Gasteiger charge is -2.30. The number of carbonyl (C=O) groups is 3. The van der Waals surface area contributed by atoms with Crippen molar-refractivity contribution in [3.63, 3.8) is 0 Å². The van der Waals surface area contributed by atoms with Gasteiger partial charge in [0.25, 0.3) is 11.8 Å². The van der Waals surface area contributed by atoms with Crippen molar-refractivity contribution in [1.82, 2.24) is 10.6 Å². The summed E-state index contributed by atoms with van der Waals surface area (Å²) >= 11 is 5.33. The SMILES string of the molecule is CC(C)(C)OC(=O)N[C@H](/C=C1\C(=O)NC(=S)N(c2ccc(Oc3ccccc3)cc2)C1=O)Cc1ccccc1. The van der Waals surface area contributed by atoms with E-state index in [-0.39, 0.29) is 10.7 Å². The van der Waals surface area contributed by atoms with Crippen LogP contribution in [0.2, 0.25) is 0 Å². The van der Waals surface area contributed by atoms with Crippen molar-refractivity contribution >= 4 is 40.9 Å². The normalized spacial score (nSPS) is 15.5. The molecular weight excluding hydrogens is 514 g/mol. The lowest BCUT2D eigenvalue weighted by Crippen LogP contribution is -2.55. The minimum absolute atomic E-state index is 0.0430. The maximum atomic E-state index is 13.6. The molecule has 2 N–H and O–H groups in total. The largest absolute Gasteiger partial charge is 0.457 e. The summed E-state index contributed by atoms with van der Waals surface area (Å²) in [6, 6.07) is 24.8. The number of anilines is 1. The van der Waals surface area contributed by atoms with Gasteiger partial charge in [0, 0.05) is 0 Å². The average Bonchev–Trinajstić information content (AvgIpc) is 2.87. The molecule has 0 aromatic heterocycles. The van der Waals surface area contributed by atoms with E-state index < -0.39 is 29.6 Å². The molecule has 3 amide bonds. The Morgan fingerprint density at radius 3 is 2.15 bits per heavy atom. The van der Waals surface area contributed by atoms with Gasteiger partial charge in [0.2, 0.25) is 0 Å². The van der Waals surface area contributed by atoms with E-state index in [9.17, 15) is 14.4 Å². The van der Waals surface area contributed by atoms with Crippen molar-refractivity contribution in [2.75, 3.05) is 4.90 Å². The number of amides is 3. The Labute approximate surface area is 232 Å². The topological polar surface area (TPSA) is 97.0 Å². The van der Waals surface area contributed by atoms with E-state index in [0.29, 0.717) is 23.6 Å². The predicted octanol–water partition coefficient (Wildman–Crippen LogP) is 5.29.